The smallest absolute Gasteiger partial charge is 0.315 e. The maximum atomic E-state index is 11.2. The van der Waals surface area contributed by atoms with Crippen LogP contribution in [0, 0.1) is 5.92 Å². The largest absolute Gasteiger partial charge is 0.338 e. The molecule has 2 N–H and O–H groups in total. The number of hydrogen-bond acceptors (Lipinski definition) is 3. The molecule has 0 aliphatic carbocycles. The van der Waals surface area contributed by atoms with Crippen molar-refractivity contribution in [2.75, 3.05) is 18.1 Å². The molecule has 1 unspecified atom stereocenters. The van der Waals surface area contributed by atoms with Gasteiger partial charge >= 0.3 is 6.03 Å². The van der Waals surface area contributed by atoms with Gasteiger partial charge in [0.25, 0.3) is 0 Å². The van der Waals surface area contributed by atoms with Gasteiger partial charge in [0.15, 0.2) is 0 Å². The van der Waals surface area contributed by atoms with E-state index >= 15 is 0 Å². The van der Waals surface area contributed by atoms with Gasteiger partial charge < -0.3 is 10.6 Å². The number of urea groups is 1. The first-order valence-corrected chi connectivity index (χ1v) is 7.14. The van der Waals surface area contributed by atoms with Crippen LogP contribution in [0.1, 0.15) is 19.3 Å². The topological polar surface area (TPSA) is 75.3 Å². The summed E-state index contributed by atoms with van der Waals surface area (Å²) in [6.07, 6.45) is 2.27. The van der Waals surface area contributed by atoms with Crippen molar-refractivity contribution in [1.82, 2.24) is 10.6 Å². The van der Waals surface area contributed by atoms with Crippen LogP contribution in [0.4, 0.5) is 4.79 Å². The van der Waals surface area contributed by atoms with E-state index in [2.05, 4.69) is 10.6 Å². The van der Waals surface area contributed by atoms with E-state index in [1.54, 1.807) is 0 Å². The minimum atomic E-state index is -2.80. The summed E-state index contributed by atoms with van der Waals surface area (Å²) in [6.45, 7) is 0.694. The van der Waals surface area contributed by atoms with Gasteiger partial charge in [-0.1, -0.05) is 0 Å². The number of carbonyl (C=O) groups excluding carboxylic acids is 1. The van der Waals surface area contributed by atoms with Crippen molar-refractivity contribution in [3.8, 4) is 0 Å². The SMILES string of the molecule is O=C1NCCC(C2CCS(=O)(=O)CC2)N1. The van der Waals surface area contributed by atoms with E-state index in [1.807, 2.05) is 0 Å². The molecule has 0 radical (unpaired) electrons. The van der Waals surface area contributed by atoms with Gasteiger partial charge in [-0.25, -0.2) is 13.2 Å². The van der Waals surface area contributed by atoms with E-state index in [9.17, 15) is 13.2 Å². The highest BCUT2D eigenvalue weighted by Gasteiger charge is 2.31. The lowest BCUT2D eigenvalue weighted by molar-refractivity contribution is 0.215. The van der Waals surface area contributed by atoms with Gasteiger partial charge in [-0.3, -0.25) is 0 Å². The fraction of sp³-hybridized carbons (Fsp3) is 0.889. The minimum absolute atomic E-state index is 0.125. The second-order valence-electron chi connectivity index (χ2n) is 4.28. The zero-order valence-corrected chi connectivity index (χ0v) is 9.35. The lowest BCUT2D eigenvalue weighted by Gasteiger charge is -2.33. The van der Waals surface area contributed by atoms with Crippen molar-refractivity contribution in [3.05, 3.63) is 0 Å². The zero-order valence-electron chi connectivity index (χ0n) is 8.53. The molecule has 2 heterocycles. The van der Waals surface area contributed by atoms with E-state index < -0.39 is 9.84 Å². The third-order valence-corrected chi connectivity index (χ3v) is 4.94. The number of amides is 2. The summed E-state index contributed by atoms with van der Waals surface area (Å²) in [5.74, 6) is 0.883. The molecule has 2 amide bonds. The van der Waals surface area contributed by atoms with E-state index in [-0.39, 0.29) is 23.6 Å². The Bertz CT molecular complexity index is 338. The molecule has 2 aliphatic heterocycles. The molecule has 0 aromatic heterocycles. The highest BCUT2D eigenvalue weighted by atomic mass is 32.2. The molecule has 2 rings (SSSR count). The molecule has 6 heteroatoms. The van der Waals surface area contributed by atoms with Gasteiger partial charge in [0.2, 0.25) is 0 Å². The maximum Gasteiger partial charge on any atom is 0.315 e. The molecule has 1 atom stereocenters. The summed E-state index contributed by atoms with van der Waals surface area (Å²) in [4.78, 5) is 11.1. The van der Waals surface area contributed by atoms with E-state index in [4.69, 9.17) is 0 Å². The summed E-state index contributed by atoms with van der Waals surface area (Å²) in [5.41, 5.74) is 0. The summed E-state index contributed by atoms with van der Waals surface area (Å²) >= 11 is 0. The molecule has 2 aliphatic rings. The second-order valence-corrected chi connectivity index (χ2v) is 6.59. The van der Waals surface area contributed by atoms with Crippen LogP contribution >= 0.6 is 0 Å². The summed E-state index contributed by atoms with van der Waals surface area (Å²) in [6, 6.07) is 0.0360. The highest BCUT2D eigenvalue weighted by Crippen LogP contribution is 2.24. The van der Waals surface area contributed by atoms with Crippen LogP contribution in [-0.2, 0) is 9.84 Å². The number of sulfone groups is 1. The zero-order chi connectivity index (χ0) is 10.9. The van der Waals surface area contributed by atoms with Crippen LogP contribution in [-0.4, -0.2) is 38.5 Å². The molecule has 0 aromatic rings. The van der Waals surface area contributed by atoms with Crippen molar-refractivity contribution in [1.29, 1.82) is 0 Å². The molecule has 0 bridgehead atoms. The van der Waals surface area contributed by atoms with Gasteiger partial charge in [-0.2, -0.15) is 0 Å². The fourth-order valence-electron chi connectivity index (χ4n) is 2.30. The quantitative estimate of drug-likeness (QED) is 0.662. The first-order valence-electron chi connectivity index (χ1n) is 5.32. The van der Waals surface area contributed by atoms with Crippen LogP contribution in [0.25, 0.3) is 0 Å². The number of hydrogen-bond donors (Lipinski definition) is 2. The Morgan fingerprint density at radius 3 is 2.40 bits per heavy atom. The van der Waals surface area contributed by atoms with Crippen LogP contribution in [0.15, 0.2) is 0 Å². The lowest BCUT2D eigenvalue weighted by Crippen LogP contribution is -2.53. The van der Waals surface area contributed by atoms with Crippen molar-refractivity contribution in [2.24, 2.45) is 5.92 Å². The third-order valence-electron chi connectivity index (χ3n) is 3.23. The minimum Gasteiger partial charge on any atom is -0.338 e. The molecule has 15 heavy (non-hydrogen) atoms. The van der Waals surface area contributed by atoms with E-state index in [0.29, 0.717) is 25.3 Å². The van der Waals surface area contributed by atoms with Gasteiger partial charge in [0.05, 0.1) is 11.5 Å². The average Bonchev–Trinajstić information content (AvgIpc) is 2.17. The molecule has 0 spiro atoms. The Morgan fingerprint density at radius 1 is 1.13 bits per heavy atom. The molecule has 0 aromatic carbocycles. The van der Waals surface area contributed by atoms with E-state index in [1.165, 1.54) is 0 Å². The molecule has 2 fully saturated rings. The lowest BCUT2D eigenvalue weighted by atomic mass is 9.91. The standard InChI is InChI=1S/C9H16N2O3S/c12-9-10-4-1-8(11-9)7-2-5-15(13,14)6-3-7/h7-8H,1-6H2,(H2,10,11,12). The number of nitrogens with one attached hydrogen (secondary N) is 2. The van der Waals surface area contributed by atoms with Crippen LogP contribution in [0.3, 0.4) is 0 Å². The van der Waals surface area contributed by atoms with Gasteiger partial charge in [0.1, 0.15) is 9.84 Å². The van der Waals surface area contributed by atoms with Gasteiger partial charge in [-0.15, -0.1) is 0 Å². The predicted molar refractivity (Wildman–Crippen MR) is 56.3 cm³/mol. The third kappa shape index (κ3) is 2.62. The number of carbonyl (C=O) groups is 1. The Kier molecular flexibility index (Phi) is 2.86. The van der Waals surface area contributed by atoms with Crippen molar-refractivity contribution < 1.29 is 13.2 Å². The molecule has 2 saturated heterocycles. The van der Waals surface area contributed by atoms with Gasteiger partial charge in [0, 0.05) is 12.6 Å². The first kappa shape index (κ1) is 10.7. The van der Waals surface area contributed by atoms with E-state index in [0.717, 1.165) is 6.42 Å². The molecular formula is C9H16N2O3S. The van der Waals surface area contributed by atoms with Crippen LogP contribution < -0.4 is 10.6 Å². The van der Waals surface area contributed by atoms with Crippen LogP contribution in [0.5, 0.6) is 0 Å². The van der Waals surface area contributed by atoms with Crippen LogP contribution in [0.2, 0.25) is 0 Å². The summed E-state index contributed by atoms with van der Waals surface area (Å²) in [5, 5.41) is 5.57. The van der Waals surface area contributed by atoms with Crippen molar-refractivity contribution >= 4 is 15.9 Å². The van der Waals surface area contributed by atoms with Crippen molar-refractivity contribution in [3.63, 3.8) is 0 Å². The average molecular weight is 232 g/mol. The first-order chi connectivity index (χ1) is 7.07. The highest BCUT2D eigenvalue weighted by molar-refractivity contribution is 7.91. The molecule has 86 valence electrons. The maximum absolute atomic E-state index is 11.2. The monoisotopic (exact) mass is 232 g/mol. The second kappa shape index (κ2) is 4.00. The predicted octanol–water partition coefficient (Wildman–Crippen LogP) is -0.117. The number of rotatable bonds is 1. The molecular weight excluding hydrogens is 216 g/mol. The molecule has 5 nitrogen and oxygen atoms in total. The summed E-state index contributed by atoms with van der Waals surface area (Å²) in [7, 11) is -2.80. The van der Waals surface area contributed by atoms with Gasteiger partial charge in [-0.05, 0) is 25.2 Å². The Morgan fingerprint density at radius 2 is 1.80 bits per heavy atom. The van der Waals surface area contributed by atoms with Crippen molar-refractivity contribution in [2.45, 2.75) is 25.3 Å². The summed E-state index contributed by atoms with van der Waals surface area (Å²) < 4.78 is 22.5. The Balaban J connectivity index is 1.92. The Hall–Kier alpha value is -0.780. The normalized spacial score (nSPS) is 31.7. The Labute approximate surface area is 89.5 Å². The molecule has 0 saturated carbocycles. The fourth-order valence-corrected chi connectivity index (χ4v) is 3.82.